The van der Waals surface area contributed by atoms with E-state index in [9.17, 15) is 0 Å². The standard InChI is InChI=1S/C18H23BrN2/c1-4-10-20-18(17-9-8-15(19)12-21-17)11-16-13(2)6-5-7-14(16)3/h5-9,12,18,20H,4,10-11H2,1-3H3. The molecular weight excluding hydrogens is 324 g/mol. The maximum atomic E-state index is 4.58. The molecule has 2 nitrogen and oxygen atoms in total. The van der Waals surface area contributed by atoms with Gasteiger partial charge in [-0.25, -0.2) is 0 Å². The molecule has 112 valence electrons. The zero-order valence-electron chi connectivity index (χ0n) is 13.0. The summed E-state index contributed by atoms with van der Waals surface area (Å²) in [5.41, 5.74) is 5.25. The maximum absolute atomic E-state index is 4.58. The van der Waals surface area contributed by atoms with Crippen LogP contribution in [-0.2, 0) is 6.42 Å². The van der Waals surface area contributed by atoms with Crippen molar-refractivity contribution in [2.75, 3.05) is 6.54 Å². The van der Waals surface area contributed by atoms with Gasteiger partial charge in [0.05, 0.1) is 11.7 Å². The molecule has 21 heavy (non-hydrogen) atoms. The normalized spacial score (nSPS) is 12.4. The Morgan fingerprint density at radius 2 is 1.86 bits per heavy atom. The van der Waals surface area contributed by atoms with E-state index in [1.54, 1.807) is 0 Å². The Kier molecular flexibility index (Phi) is 5.95. The summed E-state index contributed by atoms with van der Waals surface area (Å²) in [6.07, 6.45) is 3.98. The van der Waals surface area contributed by atoms with Crippen molar-refractivity contribution < 1.29 is 0 Å². The average molecular weight is 347 g/mol. The zero-order chi connectivity index (χ0) is 15.2. The SMILES string of the molecule is CCCNC(Cc1c(C)cccc1C)c1ccc(Br)cn1. The van der Waals surface area contributed by atoms with Gasteiger partial charge in [0.25, 0.3) is 0 Å². The summed E-state index contributed by atoms with van der Waals surface area (Å²) in [5, 5.41) is 3.63. The lowest BCUT2D eigenvalue weighted by Crippen LogP contribution is -2.25. The molecule has 1 aromatic carbocycles. The van der Waals surface area contributed by atoms with Crippen LogP contribution in [0.3, 0.4) is 0 Å². The highest BCUT2D eigenvalue weighted by atomic mass is 79.9. The van der Waals surface area contributed by atoms with Gasteiger partial charge in [-0.05, 0) is 78.0 Å². The molecule has 1 atom stereocenters. The molecule has 0 fully saturated rings. The van der Waals surface area contributed by atoms with Crippen LogP contribution >= 0.6 is 15.9 Å². The molecule has 1 unspecified atom stereocenters. The second kappa shape index (κ2) is 7.71. The van der Waals surface area contributed by atoms with Gasteiger partial charge in [-0.3, -0.25) is 4.98 Å². The Bertz CT molecular complexity index is 558. The molecule has 1 heterocycles. The lowest BCUT2D eigenvalue weighted by molar-refractivity contribution is 0.516. The molecule has 0 aliphatic carbocycles. The van der Waals surface area contributed by atoms with E-state index in [0.717, 1.165) is 29.6 Å². The minimum absolute atomic E-state index is 0.262. The molecule has 0 spiro atoms. The number of nitrogens with one attached hydrogen (secondary N) is 1. The van der Waals surface area contributed by atoms with Gasteiger partial charge in [0.2, 0.25) is 0 Å². The van der Waals surface area contributed by atoms with Crippen LogP contribution in [0.4, 0.5) is 0 Å². The molecule has 0 aliphatic rings. The number of aryl methyl sites for hydroxylation is 2. The van der Waals surface area contributed by atoms with Crippen molar-refractivity contribution in [2.45, 2.75) is 39.7 Å². The number of hydrogen-bond acceptors (Lipinski definition) is 2. The summed E-state index contributed by atoms with van der Waals surface area (Å²) < 4.78 is 1.02. The first-order valence-electron chi connectivity index (χ1n) is 7.51. The van der Waals surface area contributed by atoms with E-state index in [-0.39, 0.29) is 6.04 Å². The average Bonchev–Trinajstić information content (AvgIpc) is 2.47. The van der Waals surface area contributed by atoms with E-state index in [1.807, 2.05) is 6.20 Å². The lowest BCUT2D eigenvalue weighted by Gasteiger charge is -2.20. The third-order valence-electron chi connectivity index (χ3n) is 3.80. The summed E-state index contributed by atoms with van der Waals surface area (Å²) in [4.78, 5) is 4.58. The fourth-order valence-electron chi connectivity index (χ4n) is 2.57. The molecule has 1 N–H and O–H groups in total. The van der Waals surface area contributed by atoms with Gasteiger partial charge in [0, 0.05) is 10.7 Å². The van der Waals surface area contributed by atoms with Crippen LogP contribution in [0.15, 0.2) is 41.0 Å². The topological polar surface area (TPSA) is 24.9 Å². The van der Waals surface area contributed by atoms with Crippen molar-refractivity contribution in [3.8, 4) is 0 Å². The van der Waals surface area contributed by atoms with Crippen LogP contribution in [-0.4, -0.2) is 11.5 Å². The maximum Gasteiger partial charge on any atom is 0.0577 e. The summed E-state index contributed by atoms with van der Waals surface area (Å²) in [6, 6.07) is 10.9. The van der Waals surface area contributed by atoms with Crippen LogP contribution in [0.25, 0.3) is 0 Å². The van der Waals surface area contributed by atoms with Gasteiger partial charge in [0.15, 0.2) is 0 Å². The van der Waals surface area contributed by atoms with Crippen molar-refractivity contribution in [3.05, 3.63) is 63.4 Å². The summed E-state index contributed by atoms with van der Waals surface area (Å²) in [7, 11) is 0. The van der Waals surface area contributed by atoms with Crippen LogP contribution in [0.5, 0.6) is 0 Å². The molecule has 0 saturated carbocycles. The molecule has 0 radical (unpaired) electrons. The predicted octanol–water partition coefficient (Wildman–Crippen LogP) is 4.74. The Hall–Kier alpha value is -1.19. The number of halogens is 1. The first-order valence-corrected chi connectivity index (χ1v) is 8.31. The Balaban J connectivity index is 2.26. The van der Waals surface area contributed by atoms with Crippen LogP contribution in [0.2, 0.25) is 0 Å². The monoisotopic (exact) mass is 346 g/mol. The quantitative estimate of drug-likeness (QED) is 0.816. The van der Waals surface area contributed by atoms with Crippen molar-refractivity contribution >= 4 is 15.9 Å². The second-order valence-corrected chi connectivity index (χ2v) is 6.40. The highest BCUT2D eigenvalue weighted by Gasteiger charge is 2.15. The fourth-order valence-corrected chi connectivity index (χ4v) is 2.80. The molecule has 2 rings (SSSR count). The van der Waals surface area contributed by atoms with Crippen LogP contribution < -0.4 is 5.32 Å². The van der Waals surface area contributed by atoms with Crippen molar-refractivity contribution in [1.29, 1.82) is 0 Å². The number of benzene rings is 1. The Morgan fingerprint density at radius 3 is 2.43 bits per heavy atom. The molecule has 0 bridgehead atoms. The second-order valence-electron chi connectivity index (χ2n) is 5.48. The number of hydrogen-bond donors (Lipinski definition) is 1. The van der Waals surface area contributed by atoms with Crippen molar-refractivity contribution in [1.82, 2.24) is 10.3 Å². The van der Waals surface area contributed by atoms with Crippen molar-refractivity contribution in [3.63, 3.8) is 0 Å². The zero-order valence-corrected chi connectivity index (χ0v) is 14.6. The smallest absolute Gasteiger partial charge is 0.0577 e. The van der Waals surface area contributed by atoms with E-state index in [4.69, 9.17) is 0 Å². The Morgan fingerprint density at radius 1 is 1.14 bits per heavy atom. The molecule has 3 heteroatoms. The minimum atomic E-state index is 0.262. The first-order chi connectivity index (χ1) is 10.1. The summed E-state index contributed by atoms with van der Waals surface area (Å²) in [6.45, 7) is 7.58. The number of nitrogens with zero attached hydrogens (tertiary/aromatic N) is 1. The van der Waals surface area contributed by atoms with E-state index in [0.29, 0.717) is 0 Å². The number of rotatable bonds is 6. The van der Waals surface area contributed by atoms with Gasteiger partial charge in [-0.1, -0.05) is 25.1 Å². The van der Waals surface area contributed by atoms with Gasteiger partial charge in [0.1, 0.15) is 0 Å². The Labute approximate surface area is 136 Å². The lowest BCUT2D eigenvalue weighted by atomic mass is 9.95. The number of pyridine rings is 1. The van der Waals surface area contributed by atoms with Gasteiger partial charge in [-0.2, -0.15) is 0 Å². The van der Waals surface area contributed by atoms with Crippen molar-refractivity contribution in [2.24, 2.45) is 0 Å². The summed E-state index contributed by atoms with van der Waals surface area (Å²) in [5.74, 6) is 0. The third-order valence-corrected chi connectivity index (χ3v) is 4.27. The van der Waals surface area contributed by atoms with E-state index in [2.05, 4.69) is 77.3 Å². The predicted molar refractivity (Wildman–Crippen MR) is 92.6 cm³/mol. The fraction of sp³-hybridized carbons (Fsp3) is 0.389. The highest BCUT2D eigenvalue weighted by Crippen LogP contribution is 2.23. The van der Waals surface area contributed by atoms with Gasteiger partial charge in [-0.15, -0.1) is 0 Å². The highest BCUT2D eigenvalue weighted by molar-refractivity contribution is 9.10. The largest absolute Gasteiger partial charge is 0.308 e. The molecule has 0 aliphatic heterocycles. The van der Waals surface area contributed by atoms with Gasteiger partial charge >= 0.3 is 0 Å². The van der Waals surface area contributed by atoms with E-state index >= 15 is 0 Å². The molecule has 2 aromatic rings. The van der Waals surface area contributed by atoms with Crippen LogP contribution in [0.1, 0.15) is 41.8 Å². The number of aromatic nitrogens is 1. The molecule has 0 amide bonds. The first kappa shape index (κ1) is 16.2. The molecule has 1 aromatic heterocycles. The third kappa shape index (κ3) is 4.39. The van der Waals surface area contributed by atoms with Gasteiger partial charge < -0.3 is 5.32 Å². The minimum Gasteiger partial charge on any atom is -0.308 e. The molecular formula is C18H23BrN2. The van der Waals surface area contributed by atoms with E-state index < -0.39 is 0 Å². The molecule has 0 saturated heterocycles. The van der Waals surface area contributed by atoms with Crippen LogP contribution in [0, 0.1) is 13.8 Å². The van der Waals surface area contributed by atoms with E-state index in [1.165, 1.54) is 16.7 Å². The summed E-state index contributed by atoms with van der Waals surface area (Å²) >= 11 is 3.45.